The van der Waals surface area contributed by atoms with Gasteiger partial charge in [-0.3, -0.25) is 0 Å². The Morgan fingerprint density at radius 1 is 1.03 bits per heavy atom. The molecule has 1 aliphatic carbocycles. The summed E-state index contributed by atoms with van der Waals surface area (Å²) in [5.41, 5.74) is -0.349. The molecule has 1 saturated heterocycles. The molecule has 11 heteroatoms. The number of hydrogen-bond acceptors (Lipinski definition) is 6. The number of urea groups is 1. The molecule has 1 saturated carbocycles. The van der Waals surface area contributed by atoms with Crippen LogP contribution < -0.4 is 10.2 Å². The Balaban J connectivity index is 1.17. The molecule has 2 fully saturated rings. The van der Waals surface area contributed by atoms with Gasteiger partial charge in [-0.15, -0.1) is 0 Å². The number of para-hydroxylation sites is 1. The van der Waals surface area contributed by atoms with E-state index < -0.39 is 17.8 Å². The van der Waals surface area contributed by atoms with E-state index in [2.05, 4.69) is 20.4 Å². The van der Waals surface area contributed by atoms with E-state index in [0.29, 0.717) is 43.8 Å². The molecule has 2 amide bonds. The summed E-state index contributed by atoms with van der Waals surface area (Å²) in [6, 6.07) is 8.16. The highest BCUT2D eigenvalue weighted by Crippen LogP contribution is 2.35. The second-order valence-electron chi connectivity index (χ2n) is 8.79. The number of rotatable bonds is 4. The van der Waals surface area contributed by atoms with Crippen molar-refractivity contribution < 1.29 is 22.5 Å². The lowest BCUT2D eigenvalue weighted by Crippen LogP contribution is -2.50. The van der Waals surface area contributed by atoms with Gasteiger partial charge in [0.1, 0.15) is 5.82 Å². The number of halogens is 3. The third kappa shape index (κ3) is 5.08. The zero-order valence-corrected chi connectivity index (χ0v) is 19.0. The summed E-state index contributed by atoms with van der Waals surface area (Å²) < 4.78 is 45.0. The first-order valence-corrected chi connectivity index (χ1v) is 11.7. The number of nitrogens with one attached hydrogen (secondary N) is 1. The van der Waals surface area contributed by atoms with Gasteiger partial charge in [-0.2, -0.15) is 18.2 Å². The van der Waals surface area contributed by atoms with Gasteiger partial charge < -0.3 is 19.6 Å². The molecule has 1 N–H and O–H groups in total. The summed E-state index contributed by atoms with van der Waals surface area (Å²) in [5, 5.41) is 6.50. The summed E-state index contributed by atoms with van der Waals surface area (Å²) in [6.45, 7) is 1.74. The summed E-state index contributed by atoms with van der Waals surface area (Å²) >= 11 is 0. The van der Waals surface area contributed by atoms with Crippen LogP contribution in [0, 0.1) is 0 Å². The monoisotopic (exact) mass is 486 g/mol. The topological polar surface area (TPSA) is 87.4 Å². The molecule has 2 aliphatic rings. The molecule has 0 bridgehead atoms. The summed E-state index contributed by atoms with van der Waals surface area (Å²) in [7, 11) is 0. The Kier molecular flexibility index (Phi) is 6.31. The Hall–Kier alpha value is -3.63. The smallest absolute Gasteiger partial charge is 0.353 e. The first-order valence-electron chi connectivity index (χ1n) is 11.7. The van der Waals surface area contributed by atoms with Gasteiger partial charge in [0.25, 0.3) is 0 Å². The van der Waals surface area contributed by atoms with Gasteiger partial charge in [0.2, 0.25) is 11.7 Å². The van der Waals surface area contributed by atoms with Crippen LogP contribution in [0.1, 0.15) is 43.1 Å². The van der Waals surface area contributed by atoms with E-state index in [-0.39, 0.29) is 5.69 Å². The Labute approximate surface area is 200 Å². The lowest BCUT2D eigenvalue weighted by atomic mass is 10.1. The van der Waals surface area contributed by atoms with Crippen molar-refractivity contribution in [2.45, 2.75) is 37.8 Å². The fraction of sp³-hybridized carbons (Fsp3) is 0.417. The lowest BCUT2D eigenvalue weighted by Gasteiger charge is -2.35. The van der Waals surface area contributed by atoms with Crippen molar-refractivity contribution in [2.24, 2.45) is 0 Å². The van der Waals surface area contributed by atoms with Crippen molar-refractivity contribution in [3.8, 4) is 11.4 Å². The fourth-order valence-electron chi connectivity index (χ4n) is 4.57. The van der Waals surface area contributed by atoms with E-state index in [1.54, 1.807) is 6.20 Å². The number of alkyl halides is 3. The molecule has 0 spiro atoms. The second-order valence-corrected chi connectivity index (χ2v) is 8.79. The SMILES string of the molecule is O=C(Nc1ccccc1C(F)(F)F)N1CCN(c2ccc(-c3noc(C4CCCC4)n3)cn2)CC1. The van der Waals surface area contributed by atoms with Gasteiger partial charge in [-0.1, -0.05) is 30.1 Å². The Bertz CT molecular complexity index is 1170. The number of aromatic nitrogens is 3. The zero-order chi connectivity index (χ0) is 24.4. The van der Waals surface area contributed by atoms with E-state index in [1.165, 1.54) is 35.9 Å². The summed E-state index contributed by atoms with van der Waals surface area (Å²) in [4.78, 5) is 25.2. The standard InChI is InChI=1S/C24H25F3N6O2/c25-24(26,27)18-7-3-4-8-19(18)29-23(34)33-13-11-32(12-14-33)20-10-9-17(15-28-20)21-30-22(35-31-21)16-5-1-2-6-16/h3-4,7-10,15-16H,1-2,5-6,11-14H2,(H,29,34). The molecule has 5 rings (SSSR count). The van der Waals surface area contributed by atoms with Crippen LogP contribution in [0.4, 0.5) is 29.5 Å². The lowest BCUT2D eigenvalue weighted by molar-refractivity contribution is -0.136. The first-order chi connectivity index (χ1) is 16.9. The van der Waals surface area contributed by atoms with E-state index in [0.717, 1.165) is 30.3 Å². The predicted octanol–water partition coefficient (Wildman–Crippen LogP) is 5.16. The quantitative estimate of drug-likeness (QED) is 0.548. The highest BCUT2D eigenvalue weighted by atomic mass is 19.4. The Morgan fingerprint density at radius 3 is 2.46 bits per heavy atom. The third-order valence-corrected chi connectivity index (χ3v) is 6.52. The number of carbonyl (C=O) groups excluding carboxylic acids is 1. The van der Waals surface area contributed by atoms with E-state index in [1.807, 2.05) is 17.0 Å². The fourth-order valence-corrected chi connectivity index (χ4v) is 4.57. The predicted molar refractivity (Wildman–Crippen MR) is 123 cm³/mol. The number of amides is 2. The van der Waals surface area contributed by atoms with Crippen molar-refractivity contribution >= 4 is 17.5 Å². The van der Waals surface area contributed by atoms with Crippen molar-refractivity contribution in [3.63, 3.8) is 0 Å². The third-order valence-electron chi connectivity index (χ3n) is 6.52. The minimum Gasteiger partial charge on any atom is -0.353 e. The molecule has 1 aromatic carbocycles. The molecule has 3 heterocycles. The van der Waals surface area contributed by atoms with Crippen LogP contribution in [0.15, 0.2) is 47.1 Å². The highest BCUT2D eigenvalue weighted by molar-refractivity contribution is 5.90. The maximum absolute atomic E-state index is 13.2. The number of hydrogen-bond donors (Lipinski definition) is 1. The van der Waals surface area contributed by atoms with Gasteiger partial charge in [-0.25, -0.2) is 9.78 Å². The van der Waals surface area contributed by atoms with Crippen molar-refractivity contribution in [3.05, 3.63) is 54.0 Å². The van der Waals surface area contributed by atoms with Crippen molar-refractivity contribution in [1.29, 1.82) is 0 Å². The van der Waals surface area contributed by atoms with Gasteiger partial charge >= 0.3 is 12.2 Å². The Morgan fingerprint density at radius 2 is 1.77 bits per heavy atom. The minimum atomic E-state index is -4.54. The van der Waals surface area contributed by atoms with Crippen LogP contribution in [0.25, 0.3) is 11.4 Å². The van der Waals surface area contributed by atoms with Crippen LogP contribution in [0.2, 0.25) is 0 Å². The van der Waals surface area contributed by atoms with Gasteiger partial charge in [0.15, 0.2) is 0 Å². The number of carbonyl (C=O) groups is 1. The number of pyridine rings is 1. The van der Waals surface area contributed by atoms with Crippen LogP contribution in [-0.4, -0.2) is 52.2 Å². The van der Waals surface area contributed by atoms with Crippen molar-refractivity contribution in [1.82, 2.24) is 20.0 Å². The molecule has 0 atom stereocenters. The molecule has 184 valence electrons. The van der Waals surface area contributed by atoms with E-state index >= 15 is 0 Å². The molecule has 3 aromatic rings. The van der Waals surface area contributed by atoms with Crippen LogP contribution >= 0.6 is 0 Å². The molecule has 0 radical (unpaired) electrons. The van der Waals surface area contributed by atoms with Gasteiger partial charge in [-0.05, 0) is 37.1 Å². The van der Waals surface area contributed by atoms with Crippen LogP contribution in [0.3, 0.4) is 0 Å². The average Bonchev–Trinajstić information content (AvgIpc) is 3.56. The van der Waals surface area contributed by atoms with E-state index in [4.69, 9.17) is 4.52 Å². The maximum Gasteiger partial charge on any atom is 0.418 e. The average molecular weight is 486 g/mol. The second kappa shape index (κ2) is 9.55. The first kappa shape index (κ1) is 23.1. The van der Waals surface area contributed by atoms with E-state index in [9.17, 15) is 18.0 Å². The maximum atomic E-state index is 13.2. The zero-order valence-electron chi connectivity index (χ0n) is 19.0. The highest BCUT2D eigenvalue weighted by Gasteiger charge is 2.34. The normalized spacial score (nSPS) is 17.1. The molecule has 1 aliphatic heterocycles. The largest absolute Gasteiger partial charge is 0.418 e. The van der Waals surface area contributed by atoms with Gasteiger partial charge in [0, 0.05) is 43.9 Å². The molecule has 8 nitrogen and oxygen atoms in total. The van der Waals surface area contributed by atoms with Crippen LogP contribution in [-0.2, 0) is 6.18 Å². The number of nitrogens with zero attached hydrogens (tertiary/aromatic N) is 5. The number of anilines is 2. The number of benzene rings is 1. The minimum absolute atomic E-state index is 0.248. The number of piperazine rings is 1. The molecule has 0 unspecified atom stereocenters. The summed E-state index contributed by atoms with van der Waals surface area (Å²) in [5.74, 6) is 2.30. The molecular weight excluding hydrogens is 461 g/mol. The summed E-state index contributed by atoms with van der Waals surface area (Å²) in [6.07, 6.45) is 1.70. The van der Waals surface area contributed by atoms with Crippen LogP contribution in [0.5, 0.6) is 0 Å². The molecular formula is C24H25F3N6O2. The molecule has 2 aromatic heterocycles. The van der Waals surface area contributed by atoms with Crippen molar-refractivity contribution in [2.75, 3.05) is 36.4 Å². The van der Waals surface area contributed by atoms with Gasteiger partial charge in [0.05, 0.1) is 11.3 Å². The molecule has 35 heavy (non-hydrogen) atoms.